The molecular weight excluding hydrogens is 518 g/mol. The maximum atomic E-state index is 13.4. The van der Waals surface area contributed by atoms with Crippen LogP contribution in [0.1, 0.15) is 67.6 Å². The van der Waals surface area contributed by atoms with E-state index in [1.54, 1.807) is 28.0 Å². The maximum Gasteiger partial charge on any atom is 0.227 e. The third-order valence-corrected chi connectivity index (χ3v) is 7.95. The van der Waals surface area contributed by atoms with Crippen molar-refractivity contribution >= 4 is 17.4 Å². The monoisotopic (exact) mass is 555 g/mol. The minimum absolute atomic E-state index is 0.0279. The maximum absolute atomic E-state index is 13.4. The van der Waals surface area contributed by atoms with Crippen molar-refractivity contribution < 1.29 is 9.53 Å². The zero-order valence-electron chi connectivity index (χ0n) is 24.1. The quantitative estimate of drug-likeness (QED) is 0.333. The van der Waals surface area contributed by atoms with E-state index in [2.05, 4.69) is 48.8 Å². The summed E-state index contributed by atoms with van der Waals surface area (Å²) in [4.78, 5) is 25.1. The van der Waals surface area contributed by atoms with Crippen LogP contribution in [0.3, 0.4) is 0 Å². The first-order chi connectivity index (χ1) is 19.7. The molecule has 6 rings (SSSR count). The molecule has 4 aromatic rings. The number of aromatic nitrogens is 7. The summed E-state index contributed by atoms with van der Waals surface area (Å²) in [5.74, 6) is 0.633. The molecule has 2 aliphatic heterocycles. The Morgan fingerprint density at radius 1 is 1.17 bits per heavy atom. The second kappa shape index (κ2) is 11.1. The standard InChI is InChI=1S/C30H37N9O2/c1-30(2,3)39-18-27(35-36-39)28(40)14-20-8-11-38(24-9-12-41-19-24)16-22-13-21(5-6-25(20)22)26-7-10-31-29(34-26)33-23-15-32-37(4)17-23/h5-7,10,13,15,17-18,20,24H,8-9,11-12,14,16,19H2,1-4H3,(H,31,33,34)/t20-,24-/m0/s1. The molecule has 5 heterocycles. The zero-order chi connectivity index (χ0) is 28.6. The predicted molar refractivity (Wildman–Crippen MR) is 155 cm³/mol. The van der Waals surface area contributed by atoms with Crippen LogP contribution in [0.2, 0.25) is 0 Å². The number of nitrogens with one attached hydrogen (secondary N) is 1. The molecule has 1 N–H and O–H groups in total. The van der Waals surface area contributed by atoms with E-state index in [1.807, 2.05) is 40.1 Å². The van der Waals surface area contributed by atoms with Crippen molar-refractivity contribution in [3.8, 4) is 11.3 Å². The summed E-state index contributed by atoms with van der Waals surface area (Å²) >= 11 is 0. The molecule has 0 radical (unpaired) electrons. The summed E-state index contributed by atoms with van der Waals surface area (Å²) < 4.78 is 9.22. The van der Waals surface area contributed by atoms with Crippen molar-refractivity contribution in [1.82, 2.24) is 39.6 Å². The number of nitrogens with zero attached hydrogens (tertiary/aromatic N) is 8. The molecule has 0 aliphatic carbocycles. The van der Waals surface area contributed by atoms with Gasteiger partial charge in [0.05, 0.1) is 35.9 Å². The number of ketones is 1. The highest BCUT2D eigenvalue weighted by atomic mass is 16.5. The molecule has 214 valence electrons. The van der Waals surface area contributed by atoms with Crippen LogP contribution in [0.25, 0.3) is 11.3 Å². The van der Waals surface area contributed by atoms with Crippen LogP contribution in [-0.4, -0.2) is 71.2 Å². The van der Waals surface area contributed by atoms with Crippen LogP contribution in [-0.2, 0) is 23.9 Å². The Labute approximate surface area is 239 Å². The van der Waals surface area contributed by atoms with Crippen molar-refractivity contribution in [1.29, 1.82) is 0 Å². The van der Waals surface area contributed by atoms with Crippen LogP contribution < -0.4 is 5.32 Å². The SMILES string of the molecule is Cn1cc(Nc2nccc(-c3ccc4c(c3)CN([C@H]3CCOC3)CC[C@H]4CC(=O)c3cn(C(C)(C)C)nn3)n2)cn1. The van der Waals surface area contributed by atoms with Crippen molar-refractivity contribution in [2.45, 2.75) is 64.1 Å². The summed E-state index contributed by atoms with van der Waals surface area (Å²) in [5.41, 5.74) is 5.32. The van der Waals surface area contributed by atoms with Crippen LogP contribution in [0, 0.1) is 0 Å². The summed E-state index contributed by atoms with van der Waals surface area (Å²) in [7, 11) is 1.87. The number of hydrogen-bond acceptors (Lipinski definition) is 9. The van der Waals surface area contributed by atoms with Gasteiger partial charge in [0.2, 0.25) is 5.95 Å². The fourth-order valence-corrected chi connectivity index (χ4v) is 5.65. The molecule has 11 heteroatoms. The zero-order valence-corrected chi connectivity index (χ0v) is 24.1. The summed E-state index contributed by atoms with van der Waals surface area (Å²) in [5, 5.41) is 15.9. The minimum atomic E-state index is -0.227. The lowest BCUT2D eigenvalue weighted by atomic mass is 9.87. The van der Waals surface area contributed by atoms with Crippen LogP contribution in [0.5, 0.6) is 0 Å². The van der Waals surface area contributed by atoms with E-state index in [1.165, 1.54) is 11.1 Å². The Kier molecular flexibility index (Phi) is 7.39. The number of fused-ring (bicyclic) bond motifs is 1. The molecule has 2 atom stereocenters. The second-order valence-electron chi connectivity index (χ2n) is 12.0. The van der Waals surface area contributed by atoms with Crippen molar-refractivity contribution in [2.24, 2.45) is 7.05 Å². The number of ether oxygens (including phenoxy) is 1. The number of rotatable bonds is 7. The minimum Gasteiger partial charge on any atom is -0.380 e. The van der Waals surface area contributed by atoms with Crippen LogP contribution in [0.4, 0.5) is 11.6 Å². The Balaban J connectivity index is 1.28. The lowest BCUT2D eigenvalue weighted by Crippen LogP contribution is -2.35. The average molecular weight is 556 g/mol. The molecular formula is C30H37N9O2. The van der Waals surface area contributed by atoms with E-state index >= 15 is 0 Å². The van der Waals surface area contributed by atoms with E-state index in [-0.39, 0.29) is 17.2 Å². The van der Waals surface area contributed by atoms with Crippen LogP contribution in [0.15, 0.2) is 49.1 Å². The first-order valence-corrected chi connectivity index (χ1v) is 14.2. The van der Waals surface area contributed by atoms with E-state index in [0.717, 1.165) is 56.1 Å². The fraction of sp³-hybridized carbons (Fsp3) is 0.467. The number of Topliss-reactive ketones (excluding diaryl/α,β-unsaturated/α-hetero) is 1. The van der Waals surface area contributed by atoms with Gasteiger partial charge >= 0.3 is 0 Å². The molecule has 11 nitrogen and oxygen atoms in total. The second-order valence-corrected chi connectivity index (χ2v) is 12.0. The van der Waals surface area contributed by atoms with Gasteiger partial charge in [0.25, 0.3) is 0 Å². The molecule has 0 spiro atoms. The molecule has 41 heavy (non-hydrogen) atoms. The number of hydrogen-bond donors (Lipinski definition) is 1. The number of carbonyl (C=O) groups is 1. The van der Waals surface area contributed by atoms with Gasteiger partial charge < -0.3 is 10.1 Å². The first-order valence-electron chi connectivity index (χ1n) is 14.2. The van der Waals surface area contributed by atoms with Gasteiger partial charge in [-0.25, -0.2) is 14.6 Å². The summed E-state index contributed by atoms with van der Waals surface area (Å²) in [6, 6.07) is 8.83. The van der Waals surface area contributed by atoms with Gasteiger partial charge in [0, 0.05) is 50.6 Å². The number of benzene rings is 1. The topological polar surface area (TPSA) is 116 Å². The molecule has 0 amide bonds. The molecule has 3 aromatic heterocycles. The van der Waals surface area contributed by atoms with Crippen molar-refractivity contribution in [3.05, 3.63) is 65.9 Å². The number of aryl methyl sites for hydroxylation is 1. The third-order valence-electron chi connectivity index (χ3n) is 7.95. The molecule has 2 aliphatic rings. The highest BCUT2D eigenvalue weighted by Crippen LogP contribution is 2.36. The third kappa shape index (κ3) is 6.06. The molecule has 1 saturated heterocycles. The lowest BCUT2D eigenvalue weighted by Gasteiger charge is -2.26. The van der Waals surface area contributed by atoms with Gasteiger partial charge in [-0.3, -0.25) is 14.4 Å². The van der Waals surface area contributed by atoms with Crippen molar-refractivity contribution in [2.75, 3.05) is 25.1 Å². The predicted octanol–water partition coefficient (Wildman–Crippen LogP) is 4.32. The molecule has 1 fully saturated rings. The van der Waals surface area contributed by atoms with E-state index in [9.17, 15) is 4.79 Å². The largest absolute Gasteiger partial charge is 0.380 e. The normalized spacial score (nSPS) is 19.6. The summed E-state index contributed by atoms with van der Waals surface area (Å²) in [6.07, 6.45) is 9.49. The van der Waals surface area contributed by atoms with E-state index < -0.39 is 0 Å². The average Bonchev–Trinajstić information content (AvgIpc) is 3.71. The Morgan fingerprint density at radius 3 is 2.78 bits per heavy atom. The van der Waals surface area contributed by atoms with Crippen LogP contribution >= 0.6 is 0 Å². The highest BCUT2D eigenvalue weighted by molar-refractivity contribution is 5.94. The van der Waals surface area contributed by atoms with Gasteiger partial charge in [-0.2, -0.15) is 5.10 Å². The number of carbonyl (C=O) groups excluding carboxylic acids is 1. The molecule has 1 aromatic carbocycles. The van der Waals surface area contributed by atoms with Gasteiger partial charge in [-0.15, -0.1) is 5.10 Å². The Hall–Kier alpha value is -3.96. The summed E-state index contributed by atoms with van der Waals surface area (Å²) in [6.45, 7) is 9.42. The van der Waals surface area contributed by atoms with Gasteiger partial charge in [0.1, 0.15) is 5.69 Å². The van der Waals surface area contributed by atoms with Gasteiger partial charge in [-0.1, -0.05) is 17.3 Å². The Bertz CT molecular complexity index is 1530. The van der Waals surface area contributed by atoms with Crippen molar-refractivity contribution in [3.63, 3.8) is 0 Å². The fourth-order valence-electron chi connectivity index (χ4n) is 5.65. The molecule has 0 unspecified atom stereocenters. The van der Waals surface area contributed by atoms with Gasteiger partial charge in [-0.05, 0) is 69.3 Å². The number of anilines is 2. The highest BCUT2D eigenvalue weighted by Gasteiger charge is 2.31. The molecule has 0 saturated carbocycles. The lowest BCUT2D eigenvalue weighted by molar-refractivity contribution is 0.0963. The smallest absolute Gasteiger partial charge is 0.227 e. The first kappa shape index (κ1) is 27.2. The molecule has 0 bridgehead atoms. The van der Waals surface area contributed by atoms with E-state index in [4.69, 9.17) is 9.72 Å². The van der Waals surface area contributed by atoms with E-state index in [0.29, 0.717) is 24.1 Å². The van der Waals surface area contributed by atoms with Gasteiger partial charge in [0.15, 0.2) is 5.78 Å². The Morgan fingerprint density at radius 2 is 2.05 bits per heavy atom.